The lowest BCUT2D eigenvalue weighted by Gasteiger charge is -2.34. The number of carbonyl (C=O) groups is 2. The van der Waals surface area contributed by atoms with Gasteiger partial charge in [0.2, 0.25) is 11.8 Å². The highest BCUT2D eigenvalue weighted by Gasteiger charge is 2.35. The Labute approximate surface area is 288 Å². The highest BCUT2D eigenvalue weighted by Crippen LogP contribution is 2.33. The van der Waals surface area contributed by atoms with Crippen LogP contribution in [0.5, 0.6) is 11.5 Å². The van der Waals surface area contributed by atoms with E-state index in [1.807, 2.05) is 55.6 Å². The number of sulfonamides is 1. The number of para-hydroxylation sites is 2. The van der Waals surface area contributed by atoms with Gasteiger partial charge in [0, 0.05) is 24.4 Å². The van der Waals surface area contributed by atoms with E-state index in [2.05, 4.69) is 5.32 Å². The molecule has 0 fully saturated rings. The molecule has 0 spiro atoms. The lowest BCUT2D eigenvalue weighted by atomic mass is 10.0. The molecule has 0 saturated heterocycles. The molecule has 254 valence electrons. The third-order valence-corrected chi connectivity index (χ3v) is 10.2. The summed E-state index contributed by atoms with van der Waals surface area (Å²) < 4.78 is 41.2. The summed E-state index contributed by atoms with van der Waals surface area (Å²) in [5.41, 5.74) is 1.80. The van der Waals surface area contributed by atoms with Crippen LogP contribution in [-0.4, -0.2) is 64.2 Å². The first kappa shape index (κ1) is 36.4. The normalized spacial score (nSPS) is 11.8. The van der Waals surface area contributed by atoms with E-state index in [9.17, 15) is 18.0 Å². The third-order valence-electron chi connectivity index (χ3n) is 7.67. The molecule has 2 amide bonds. The smallest absolute Gasteiger partial charge is 0.264 e. The van der Waals surface area contributed by atoms with Crippen molar-refractivity contribution in [3.63, 3.8) is 0 Å². The van der Waals surface area contributed by atoms with Crippen LogP contribution >= 0.6 is 11.8 Å². The Hall–Kier alpha value is -4.48. The molecule has 1 N–H and O–H groups in total. The van der Waals surface area contributed by atoms with Gasteiger partial charge in [-0.05, 0) is 79.3 Å². The predicted octanol–water partition coefficient (Wildman–Crippen LogP) is 6.18. The number of thioether (sulfide) groups is 1. The lowest BCUT2D eigenvalue weighted by molar-refractivity contribution is -0.140. The summed E-state index contributed by atoms with van der Waals surface area (Å²) in [5, 5.41) is 2.96. The molecule has 0 aliphatic carbocycles. The quantitative estimate of drug-likeness (QED) is 0.132. The number of carbonyl (C=O) groups excluding carboxylic acids is 2. The lowest BCUT2D eigenvalue weighted by Crippen LogP contribution is -2.53. The van der Waals surface area contributed by atoms with Gasteiger partial charge in [-0.1, -0.05) is 61.5 Å². The number of nitrogens with zero attached hydrogens (tertiary/aromatic N) is 2. The molecule has 4 aromatic carbocycles. The van der Waals surface area contributed by atoms with Crippen molar-refractivity contribution in [1.29, 1.82) is 0 Å². The standard InChI is InChI=1S/C37H43N3O6S2/c1-5-23-38-37(42)34(25-28-13-8-7-9-14-28)39(26-29-15-12-16-30(24-29)45-3)36(41)27-40(33-17-10-11-18-35(33)46-6-2)48(43,44)32-21-19-31(47-4)20-22-32/h7-22,24,34H,5-6,23,25-27H2,1-4H3,(H,38,42)/t34-/m0/s1. The van der Waals surface area contributed by atoms with E-state index in [-0.39, 0.29) is 29.5 Å². The van der Waals surface area contributed by atoms with Crippen molar-refractivity contribution in [2.75, 3.05) is 37.4 Å². The van der Waals surface area contributed by atoms with Gasteiger partial charge in [0.15, 0.2) is 0 Å². The fraction of sp³-hybridized carbons (Fsp3) is 0.297. The topological polar surface area (TPSA) is 105 Å². The largest absolute Gasteiger partial charge is 0.497 e. The van der Waals surface area contributed by atoms with Crippen LogP contribution in [0.25, 0.3) is 0 Å². The molecule has 0 bridgehead atoms. The van der Waals surface area contributed by atoms with Crippen molar-refractivity contribution in [3.05, 3.63) is 114 Å². The molecule has 0 aliphatic heterocycles. The molecule has 0 heterocycles. The number of rotatable bonds is 17. The van der Waals surface area contributed by atoms with Gasteiger partial charge in [0.1, 0.15) is 24.1 Å². The van der Waals surface area contributed by atoms with Crippen LogP contribution in [0.15, 0.2) is 113 Å². The molecule has 0 aromatic heterocycles. The molecule has 48 heavy (non-hydrogen) atoms. The highest BCUT2D eigenvalue weighted by atomic mass is 32.2. The molecular formula is C37H43N3O6S2. The van der Waals surface area contributed by atoms with Crippen molar-refractivity contribution in [2.45, 2.75) is 49.1 Å². The van der Waals surface area contributed by atoms with Gasteiger partial charge < -0.3 is 19.7 Å². The van der Waals surface area contributed by atoms with Crippen LogP contribution in [0.1, 0.15) is 31.4 Å². The maximum atomic E-state index is 14.7. The van der Waals surface area contributed by atoms with E-state index in [0.29, 0.717) is 31.1 Å². The summed E-state index contributed by atoms with van der Waals surface area (Å²) in [6.07, 6.45) is 2.85. The SMILES string of the molecule is CCCNC(=O)[C@H](Cc1ccccc1)N(Cc1cccc(OC)c1)C(=O)CN(c1ccccc1OCC)S(=O)(=O)c1ccc(SC)cc1. The Morgan fingerprint density at radius 1 is 0.875 bits per heavy atom. The van der Waals surface area contributed by atoms with Gasteiger partial charge in [-0.25, -0.2) is 8.42 Å². The number of nitrogens with one attached hydrogen (secondary N) is 1. The van der Waals surface area contributed by atoms with E-state index in [1.165, 1.54) is 28.8 Å². The molecule has 1 atom stereocenters. The molecule has 4 rings (SSSR count). The monoisotopic (exact) mass is 689 g/mol. The van der Waals surface area contributed by atoms with Gasteiger partial charge in [0.25, 0.3) is 10.0 Å². The summed E-state index contributed by atoms with van der Waals surface area (Å²) in [6, 6.07) is 29.0. The molecule has 4 aromatic rings. The van der Waals surface area contributed by atoms with E-state index >= 15 is 0 Å². The first-order valence-electron chi connectivity index (χ1n) is 15.8. The maximum absolute atomic E-state index is 14.7. The Balaban J connectivity index is 1.84. The number of amides is 2. The van der Waals surface area contributed by atoms with Crippen LogP contribution in [0, 0.1) is 0 Å². The van der Waals surface area contributed by atoms with Crippen molar-refractivity contribution in [2.24, 2.45) is 0 Å². The first-order valence-corrected chi connectivity index (χ1v) is 18.5. The minimum atomic E-state index is -4.28. The number of benzene rings is 4. The van der Waals surface area contributed by atoms with Crippen LogP contribution in [0.4, 0.5) is 5.69 Å². The molecule has 0 unspecified atom stereocenters. The Morgan fingerprint density at radius 3 is 2.23 bits per heavy atom. The minimum absolute atomic E-state index is 0.0280. The second-order valence-corrected chi connectivity index (χ2v) is 13.7. The maximum Gasteiger partial charge on any atom is 0.264 e. The Kier molecular flexibility index (Phi) is 13.3. The van der Waals surface area contributed by atoms with Crippen molar-refractivity contribution in [1.82, 2.24) is 10.2 Å². The summed E-state index contributed by atoms with van der Waals surface area (Å²) in [6.45, 7) is 3.94. The Bertz CT molecular complexity index is 1750. The van der Waals surface area contributed by atoms with Gasteiger partial charge in [-0.2, -0.15) is 0 Å². The number of ether oxygens (including phenoxy) is 2. The highest BCUT2D eigenvalue weighted by molar-refractivity contribution is 7.98. The average Bonchev–Trinajstić information content (AvgIpc) is 3.11. The van der Waals surface area contributed by atoms with Crippen LogP contribution in [0.3, 0.4) is 0 Å². The number of anilines is 1. The first-order chi connectivity index (χ1) is 23.2. The fourth-order valence-electron chi connectivity index (χ4n) is 5.22. The summed E-state index contributed by atoms with van der Waals surface area (Å²) in [4.78, 5) is 31.0. The van der Waals surface area contributed by atoms with Gasteiger partial charge >= 0.3 is 0 Å². The second kappa shape index (κ2) is 17.6. The Morgan fingerprint density at radius 2 is 1.56 bits per heavy atom. The van der Waals surface area contributed by atoms with Gasteiger partial charge in [0.05, 0.1) is 24.3 Å². The van der Waals surface area contributed by atoms with E-state index in [4.69, 9.17) is 9.47 Å². The third kappa shape index (κ3) is 9.32. The number of hydrogen-bond donors (Lipinski definition) is 1. The molecule has 0 aliphatic rings. The summed E-state index contributed by atoms with van der Waals surface area (Å²) >= 11 is 1.50. The average molecular weight is 690 g/mol. The number of hydrogen-bond acceptors (Lipinski definition) is 7. The molecule has 11 heteroatoms. The number of methoxy groups -OCH3 is 1. The predicted molar refractivity (Wildman–Crippen MR) is 191 cm³/mol. The van der Waals surface area contributed by atoms with Gasteiger partial charge in [-0.3, -0.25) is 13.9 Å². The summed E-state index contributed by atoms with van der Waals surface area (Å²) in [5.74, 6) is 0.0335. The van der Waals surface area contributed by atoms with E-state index in [0.717, 1.165) is 20.3 Å². The second-order valence-electron chi connectivity index (χ2n) is 11.0. The van der Waals surface area contributed by atoms with Crippen LogP contribution in [-0.2, 0) is 32.6 Å². The zero-order valence-corrected chi connectivity index (χ0v) is 29.4. The summed E-state index contributed by atoms with van der Waals surface area (Å²) in [7, 11) is -2.72. The van der Waals surface area contributed by atoms with Gasteiger partial charge in [-0.15, -0.1) is 11.8 Å². The van der Waals surface area contributed by atoms with Crippen molar-refractivity contribution >= 4 is 39.3 Å². The molecule has 0 saturated carbocycles. The zero-order chi connectivity index (χ0) is 34.5. The molecule has 0 radical (unpaired) electrons. The fourth-order valence-corrected chi connectivity index (χ4v) is 7.05. The van der Waals surface area contributed by atoms with Crippen LogP contribution in [0.2, 0.25) is 0 Å². The van der Waals surface area contributed by atoms with Crippen molar-refractivity contribution in [3.8, 4) is 11.5 Å². The minimum Gasteiger partial charge on any atom is -0.497 e. The van der Waals surface area contributed by atoms with Crippen LogP contribution < -0.4 is 19.1 Å². The zero-order valence-electron chi connectivity index (χ0n) is 27.8. The molecular weight excluding hydrogens is 647 g/mol. The van der Waals surface area contributed by atoms with Crippen molar-refractivity contribution < 1.29 is 27.5 Å². The van der Waals surface area contributed by atoms with E-state index < -0.39 is 28.5 Å². The molecule has 9 nitrogen and oxygen atoms in total. The van der Waals surface area contributed by atoms with E-state index in [1.54, 1.807) is 62.6 Å².